The maximum absolute atomic E-state index is 13.3. The van der Waals surface area contributed by atoms with Crippen molar-refractivity contribution in [3.63, 3.8) is 0 Å². The Bertz CT molecular complexity index is 1110. The van der Waals surface area contributed by atoms with Gasteiger partial charge in [-0.05, 0) is 68.1 Å². The van der Waals surface area contributed by atoms with Gasteiger partial charge in [0, 0.05) is 29.9 Å². The van der Waals surface area contributed by atoms with E-state index in [1.807, 2.05) is 44.2 Å². The lowest BCUT2D eigenvalue weighted by atomic mass is 9.72. The molecule has 0 spiro atoms. The van der Waals surface area contributed by atoms with Gasteiger partial charge in [-0.2, -0.15) is 0 Å². The van der Waals surface area contributed by atoms with Crippen molar-refractivity contribution in [2.45, 2.75) is 106 Å². The molecule has 1 aliphatic rings. The van der Waals surface area contributed by atoms with Crippen LogP contribution in [0.2, 0.25) is 0 Å². The maximum atomic E-state index is 13.3. The van der Waals surface area contributed by atoms with Gasteiger partial charge in [-0.3, -0.25) is 19.2 Å². The van der Waals surface area contributed by atoms with Crippen LogP contribution in [0.15, 0.2) is 42.5 Å². The quantitative estimate of drug-likeness (QED) is 0.192. The van der Waals surface area contributed by atoms with E-state index in [-0.39, 0.29) is 47.3 Å². The van der Waals surface area contributed by atoms with Crippen molar-refractivity contribution in [2.24, 2.45) is 17.8 Å². The number of benzene rings is 2. The molecule has 0 aliphatic heterocycles. The normalized spacial score (nSPS) is 15.9. The van der Waals surface area contributed by atoms with Crippen molar-refractivity contribution >= 4 is 23.1 Å². The van der Waals surface area contributed by atoms with Crippen LogP contribution < -0.4 is 0 Å². The number of carbonyl (C=O) groups excluding carboxylic acids is 4. The fourth-order valence-electron chi connectivity index (χ4n) is 6.05. The molecule has 4 heteroatoms. The van der Waals surface area contributed by atoms with Crippen LogP contribution >= 0.6 is 0 Å². The molecule has 2 aromatic carbocycles. The highest BCUT2D eigenvalue weighted by Crippen LogP contribution is 2.37. The lowest BCUT2D eigenvalue weighted by Gasteiger charge is -2.32. The van der Waals surface area contributed by atoms with Gasteiger partial charge >= 0.3 is 0 Å². The Morgan fingerprint density at radius 2 is 1.62 bits per heavy atom. The lowest BCUT2D eigenvalue weighted by molar-refractivity contribution is -0.129. The van der Waals surface area contributed by atoms with Crippen molar-refractivity contribution in [1.82, 2.24) is 0 Å². The van der Waals surface area contributed by atoms with Crippen LogP contribution in [0.1, 0.15) is 123 Å². The molecule has 3 rings (SSSR count). The van der Waals surface area contributed by atoms with Crippen LogP contribution in [0.5, 0.6) is 0 Å². The third-order valence-corrected chi connectivity index (χ3v) is 7.78. The van der Waals surface area contributed by atoms with E-state index in [1.165, 1.54) is 13.3 Å². The summed E-state index contributed by atoms with van der Waals surface area (Å²) in [5, 5.41) is 0. The Hall–Kier alpha value is -2.88. The minimum Gasteiger partial charge on any atom is -0.300 e. The monoisotopic (exact) mass is 532 g/mol. The zero-order valence-corrected chi connectivity index (χ0v) is 25.0. The molecule has 1 aliphatic carbocycles. The van der Waals surface area contributed by atoms with Gasteiger partial charge in [0.25, 0.3) is 0 Å². The van der Waals surface area contributed by atoms with Crippen molar-refractivity contribution in [2.75, 3.05) is 0 Å². The molecule has 0 fully saturated rings. The van der Waals surface area contributed by atoms with E-state index >= 15 is 0 Å². The predicted octanol–water partition coefficient (Wildman–Crippen LogP) is 8.35. The van der Waals surface area contributed by atoms with Gasteiger partial charge in [0.15, 0.2) is 11.6 Å². The van der Waals surface area contributed by atoms with Gasteiger partial charge < -0.3 is 0 Å². The number of rotatable bonds is 13. The van der Waals surface area contributed by atoms with Gasteiger partial charge in [-0.25, -0.2) is 0 Å². The van der Waals surface area contributed by atoms with E-state index in [0.717, 1.165) is 59.9 Å². The van der Waals surface area contributed by atoms with Crippen LogP contribution in [0, 0.1) is 24.7 Å². The summed E-state index contributed by atoms with van der Waals surface area (Å²) in [5.41, 5.74) is 4.72. The van der Waals surface area contributed by atoms with E-state index in [9.17, 15) is 19.2 Å². The van der Waals surface area contributed by atoms with E-state index in [4.69, 9.17) is 0 Å². The third-order valence-electron chi connectivity index (χ3n) is 7.78. The second-order valence-corrected chi connectivity index (χ2v) is 11.2. The summed E-state index contributed by atoms with van der Waals surface area (Å²) in [6, 6.07) is 13.5. The van der Waals surface area contributed by atoms with Crippen molar-refractivity contribution in [3.05, 3.63) is 70.3 Å². The number of fused-ring (bicyclic) bond motifs is 1. The molecule has 0 heterocycles. The van der Waals surface area contributed by atoms with E-state index in [2.05, 4.69) is 32.9 Å². The molecule has 0 bridgehead atoms. The summed E-state index contributed by atoms with van der Waals surface area (Å²) in [5.74, 6) is 0.570. The topological polar surface area (TPSA) is 68.3 Å². The fraction of sp³-hybridized carbons (Fsp3) is 0.543. The van der Waals surface area contributed by atoms with Crippen LogP contribution in [-0.2, 0) is 22.4 Å². The Morgan fingerprint density at radius 3 is 2.21 bits per heavy atom. The first kappa shape index (κ1) is 32.3. The van der Waals surface area contributed by atoms with Crippen molar-refractivity contribution in [3.8, 4) is 0 Å². The molecular formula is C35H48O4. The van der Waals surface area contributed by atoms with E-state index < -0.39 is 0 Å². The molecule has 0 amide bonds. The molecule has 212 valence electrons. The van der Waals surface area contributed by atoms with Crippen molar-refractivity contribution in [1.29, 1.82) is 0 Å². The molecule has 0 radical (unpaired) electrons. The minimum absolute atomic E-state index is 0.0138. The smallest absolute Gasteiger partial charge is 0.163 e. The molecule has 0 saturated heterocycles. The second kappa shape index (κ2) is 16.3. The predicted molar refractivity (Wildman–Crippen MR) is 159 cm³/mol. The summed E-state index contributed by atoms with van der Waals surface area (Å²) in [6.07, 6.45) is 7.14. The average molecular weight is 533 g/mol. The minimum atomic E-state index is -0.114. The number of hydrogen-bond acceptors (Lipinski definition) is 4. The molecule has 3 atom stereocenters. The Kier molecular flexibility index (Phi) is 13.5. The SMILES string of the molecule is CCC.CCCC(CC1CC(=O)c2c(ccc(CCC(=O)c3ccccc3)c2C)C1)C(CC)C(=O)CC(C)=O. The van der Waals surface area contributed by atoms with Crippen LogP contribution in [0.3, 0.4) is 0 Å². The summed E-state index contributed by atoms with van der Waals surface area (Å²) in [7, 11) is 0. The molecule has 0 saturated carbocycles. The molecule has 39 heavy (non-hydrogen) atoms. The van der Waals surface area contributed by atoms with Crippen LogP contribution in [0.25, 0.3) is 0 Å². The highest BCUT2D eigenvalue weighted by Gasteiger charge is 2.33. The first-order valence-corrected chi connectivity index (χ1v) is 14.9. The largest absolute Gasteiger partial charge is 0.300 e. The molecule has 0 aromatic heterocycles. The van der Waals surface area contributed by atoms with Gasteiger partial charge in [-0.15, -0.1) is 0 Å². The molecule has 0 N–H and O–H groups in total. The first-order valence-electron chi connectivity index (χ1n) is 14.9. The van der Waals surface area contributed by atoms with Gasteiger partial charge in [0.1, 0.15) is 11.6 Å². The Balaban J connectivity index is 0.00000170. The zero-order chi connectivity index (χ0) is 28.9. The Morgan fingerprint density at radius 1 is 0.949 bits per heavy atom. The van der Waals surface area contributed by atoms with Crippen LogP contribution in [-0.4, -0.2) is 23.1 Å². The summed E-state index contributed by atoms with van der Waals surface area (Å²) < 4.78 is 0. The highest BCUT2D eigenvalue weighted by molar-refractivity contribution is 6.01. The maximum Gasteiger partial charge on any atom is 0.163 e. The fourth-order valence-corrected chi connectivity index (χ4v) is 6.05. The molecular weight excluding hydrogens is 484 g/mol. The number of carbonyl (C=O) groups is 4. The summed E-state index contributed by atoms with van der Waals surface area (Å²) in [6.45, 7) is 11.9. The zero-order valence-electron chi connectivity index (χ0n) is 25.0. The third kappa shape index (κ3) is 9.37. The number of hydrogen-bond donors (Lipinski definition) is 0. The van der Waals surface area contributed by atoms with E-state index in [0.29, 0.717) is 19.3 Å². The lowest BCUT2D eigenvalue weighted by Crippen LogP contribution is -2.30. The van der Waals surface area contributed by atoms with Crippen molar-refractivity contribution < 1.29 is 19.2 Å². The number of Topliss-reactive ketones (excluding diaryl/α,β-unsaturated/α-hetero) is 4. The molecule has 2 aromatic rings. The van der Waals surface area contributed by atoms with Gasteiger partial charge in [0.2, 0.25) is 0 Å². The average Bonchev–Trinajstić information content (AvgIpc) is 2.89. The number of ketones is 4. The van der Waals surface area contributed by atoms with Crippen LogP contribution in [0.4, 0.5) is 0 Å². The highest BCUT2D eigenvalue weighted by atomic mass is 16.1. The summed E-state index contributed by atoms with van der Waals surface area (Å²) >= 11 is 0. The van der Waals surface area contributed by atoms with E-state index in [1.54, 1.807) is 0 Å². The van der Waals surface area contributed by atoms with Gasteiger partial charge in [0.05, 0.1) is 6.42 Å². The van der Waals surface area contributed by atoms with Gasteiger partial charge in [-0.1, -0.05) is 89.4 Å². The summed E-state index contributed by atoms with van der Waals surface area (Å²) in [4.78, 5) is 50.2. The molecule has 3 unspecified atom stereocenters. The number of aryl methyl sites for hydroxylation is 1. The first-order chi connectivity index (χ1) is 18.7. The standard InChI is InChI=1S/C32H40O4.C3H8/c1-5-10-26(28(6-2)30(35)17-21(3)33)18-23-19-27-14-13-24(22(4)32(27)31(36)20-23)15-16-29(34)25-11-8-7-9-12-25;1-3-2/h7-9,11-14,23,26,28H,5-6,10,15-20H2,1-4H3;3H2,1-2H3. The molecule has 4 nitrogen and oxygen atoms in total. The Labute approximate surface area is 236 Å². The second-order valence-electron chi connectivity index (χ2n) is 11.2.